The van der Waals surface area contributed by atoms with E-state index in [4.69, 9.17) is 0 Å². The minimum Gasteiger partial charge on any atom is -0.353 e. The Balaban J connectivity index is 2.14. The first-order valence-electron chi connectivity index (χ1n) is 6.61. The number of hydrogen-bond acceptors (Lipinski definition) is 2. The second kappa shape index (κ2) is 8.91. The van der Waals surface area contributed by atoms with Crippen LogP contribution >= 0.6 is 11.8 Å². The van der Waals surface area contributed by atoms with E-state index in [2.05, 4.69) is 11.6 Å². The van der Waals surface area contributed by atoms with Gasteiger partial charge in [-0.3, -0.25) is 4.79 Å². The van der Waals surface area contributed by atoms with E-state index in [0.717, 1.165) is 12.2 Å². The lowest BCUT2D eigenvalue weighted by Crippen LogP contribution is -2.35. The van der Waals surface area contributed by atoms with Crippen molar-refractivity contribution in [3.63, 3.8) is 0 Å². The molecular formula is C13H25NOS. The Hall–Kier alpha value is -0.180. The smallest absolute Gasteiger partial charge is 0.220 e. The van der Waals surface area contributed by atoms with Gasteiger partial charge in [0.1, 0.15) is 0 Å². The molecule has 1 N–H and O–H groups in total. The molecular weight excluding hydrogens is 218 g/mol. The summed E-state index contributed by atoms with van der Waals surface area (Å²) in [5.74, 6) is 1.36. The molecule has 1 aliphatic carbocycles. The number of thioether (sulfide) groups is 1. The number of amides is 1. The lowest BCUT2D eigenvalue weighted by Gasteiger charge is -2.21. The van der Waals surface area contributed by atoms with Crippen LogP contribution in [0.5, 0.6) is 0 Å². The van der Waals surface area contributed by atoms with Gasteiger partial charge in [-0.1, -0.05) is 32.1 Å². The zero-order valence-corrected chi connectivity index (χ0v) is 11.3. The van der Waals surface area contributed by atoms with Crippen molar-refractivity contribution in [2.75, 3.05) is 12.0 Å². The number of carbonyl (C=O) groups is 1. The van der Waals surface area contributed by atoms with Crippen LogP contribution in [0, 0.1) is 0 Å². The van der Waals surface area contributed by atoms with Crippen molar-refractivity contribution in [2.24, 2.45) is 0 Å². The van der Waals surface area contributed by atoms with Crippen molar-refractivity contribution < 1.29 is 4.79 Å². The molecule has 1 amide bonds. The molecule has 0 unspecified atom stereocenters. The molecule has 0 aromatic carbocycles. The van der Waals surface area contributed by atoms with Gasteiger partial charge in [-0.15, -0.1) is 0 Å². The zero-order chi connectivity index (χ0) is 11.6. The second-order valence-electron chi connectivity index (χ2n) is 4.71. The van der Waals surface area contributed by atoms with Gasteiger partial charge >= 0.3 is 0 Å². The monoisotopic (exact) mass is 243 g/mol. The van der Waals surface area contributed by atoms with E-state index in [0.29, 0.717) is 12.5 Å². The lowest BCUT2D eigenvalue weighted by molar-refractivity contribution is -0.121. The highest BCUT2D eigenvalue weighted by atomic mass is 32.2. The summed E-state index contributed by atoms with van der Waals surface area (Å²) >= 11 is 1.82. The average Bonchev–Trinajstić information content (AvgIpc) is 2.22. The summed E-state index contributed by atoms with van der Waals surface area (Å²) in [4.78, 5) is 11.7. The average molecular weight is 243 g/mol. The van der Waals surface area contributed by atoms with Gasteiger partial charge in [0, 0.05) is 12.5 Å². The van der Waals surface area contributed by atoms with Crippen LogP contribution in [0.4, 0.5) is 0 Å². The van der Waals surface area contributed by atoms with Gasteiger partial charge in [-0.05, 0) is 31.3 Å². The molecule has 94 valence electrons. The van der Waals surface area contributed by atoms with Crippen LogP contribution < -0.4 is 5.32 Å². The minimum absolute atomic E-state index is 0.264. The quantitative estimate of drug-likeness (QED) is 0.750. The van der Waals surface area contributed by atoms with Crippen molar-refractivity contribution in [2.45, 2.75) is 63.8 Å². The third kappa shape index (κ3) is 6.41. The maximum absolute atomic E-state index is 11.7. The Morgan fingerprint density at radius 2 is 1.81 bits per heavy atom. The molecule has 0 aromatic rings. The van der Waals surface area contributed by atoms with E-state index in [1.54, 1.807) is 0 Å². The van der Waals surface area contributed by atoms with Gasteiger partial charge in [0.05, 0.1) is 0 Å². The molecule has 1 aliphatic rings. The van der Waals surface area contributed by atoms with E-state index in [9.17, 15) is 4.79 Å². The van der Waals surface area contributed by atoms with E-state index < -0.39 is 0 Å². The van der Waals surface area contributed by atoms with Gasteiger partial charge < -0.3 is 5.32 Å². The Bertz CT molecular complexity index is 188. The highest BCUT2D eigenvalue weighted by molar-refractivity contribution is 7.98. The Morgan fingerprint density at radius 3 is 2.44 bits per heavy atom. The molecule has 0 aromatic heterocycles. The molecule has 0 aliphatic heterocycles. The van der Waals surface area contributed by atoms with Crippen molar-refractivity contribution in [3.05, 3.63) is 0 Å². The van der Waals surface area contributed by atoms with Gasteiger partial charge in [0.15, 0.2) is 0 Å². The fourth-order valence-corrected chi connectivity index (χ4v) is 2.71. The van der Waals surface area contributed by atoms with Crippen molar-refractivity contribution in [1.29, 1.82) is 0 Å². The zero-order valence-electron chi connectivity index (χ0n) is 10.5. The summed E-state index contributed by atoms with van der Waals surface area (Å²) in [7, 11) is 0. The molecule has 1 rings (SSSR count). The number of hydrogen-bond donors (Lipinski definition) is 1. The van der Waals surface area contributed by atoms with Crippen LogP contribution in [0.25, 0.3) is 0 Å². The molecule has 0 radical (unpaired) electrons. The third-order valence-electron chi connectivity index (χ3n) is 3.22. The van der Waals surface area contributed by atoms with Crippen molar-refractivity contribution in [1.82, 2.24) is 5.32 Å². The van der Waals surface area contributed by atoms with Gasteiger partial charge in [-0.2, -0.15) is 11.8 Å². The predicted molar refractivity (Wildman–Crippen MR) is 71.9 cm³/mol. The normalized spacial score (nSPS) is 18.8. The first kappa shape index (κ1) is 13.9. The van der Waals surface area contributed by atoms with Crippen LogP contribution in [0.15, 0.2) is 0 Å². The highest BCUT2D eigenvalue weighted by Crippen LogP contribution is 2.17. The highest BCUT2D eigenvalue weighted by Gasteiger charge is 2.13. The van der Waals surface area contributed by atoms with Crippen LogP contribution in [-0.2, 0) is 4.79 Å². The standard InChI is InChI=1S/C13H25NOS/c1-16-11-7-10-13(15)14-12-8-5-3-2-4-6-9-12/h12H,2-11H2,1H3,(H,14,15). The van der Waals surface area contributed by atoms with Crippen LogP contribution in [0.2, 0.25) is 0 Å². The first-order valence-corrected chi connectivity index (χ1v) is 8.00. The molecule has 2 nitrogen and oxygen atoms in total. The Morgan fingerprint density at radius 1 is 1.19 bits per heavy atom. The van der Waals surface area contributed by atoms with Crippen LogP contribution in [-0.4, -0.2) is 24.0 Å². The first-order chi connectivity index (χ1) is 7.83. The molecule has 0 atom stereocenters. The van der Waals surface area contributed by atoms with Crippen molar-refractivity contribution >= 4 is 17.7 Å². The molecule has 0 heterocycles. The molecule has 0 spiro atoms. The molecule has 0 saturated heterocycles. The fraction of sp³-hybridized carbons (Fsp3) is 0.923. The summed E-state index contributed by atoms with van der Waals surface area (Å²) < 4.78 is 0. The number of nitrogens with one attached hydrogen (secondary N) is 1. The molecule has 16 heavy (non-hydrogen) atoms. The predicted octanol–water partition coefficient (Wildman–Crippen LogP) is 3.36. The van der Waals surface area contributed by atoms with E-state index in [-0.39, 0.29) is 5.91 Å². The van der Waals surface area contributed by atoms with E-state index in [1.165, 1.54) is 44.9 Å². The van der Waals surface area contributed by atoms with E-state index >= 15 is 0 Å². The Kier molecular flexibility index (Phi) is 7.73. The van der Waals surface area contributed by atoms with Crippen LogP contribution in [0.3, 0.4) is 0 Å². The summed E-state index contributed by atoms with van der Waals surface area (Å²) in [6.07, 6.45) is 12.8. The lowest BCUT2D eigenvalue weighted by atomic mass is 9.96. The third-order valence-corrected chi connectivity index (χ3v) is 3.92. The molecule has 1 fully saturated rings. The van der Waals surface area contributed by atoms with Gasteiger partial charge in [-0.25, -0.2) is 0 Å². The topological polar surface area (TPSA) is 29.1 Å². The minimum atomic E-state index is 0.264. The van der Waals surface area contributed by atoms with Gasteiger partial charge in [0.2, 0.25) is 5.91 Å². The Labute approximate surface area is 104 Å². The summed E-state index contributed by atoms with van der Waals surface area (Å²) in [5.41, 5.74) is 0. The maximum Gasteiger partial charge on any atom is 0.220 e. The summed E-state index contributed by atoms with van der Waals surface area (Å²) in [6.45, 7) is 0. The second-order valence-corrected chi connectivity index (χ2v) is 5.69. The van der Waals surface area contributed by atoms with Crippen molar-refractivity contribution in [3.8, 4) is 0 Å². The number of carbonyl (C=O) groups excluding carboxylic acids is 1. The largest absolute Gasteiger partial charge is 0.353 e. The molecule has 0 bridgehead atoms. The fourth-order valence-electron chi connectivity index (χ4n) is 2.28. The summed E-state index contributed by atoms with van der Waals surface area (Å²) in [6, 6.07) is 0.460. The summed E-state index contributed by atoms with van der Waals surface area (Å²) in [5, 5.41) is 3.20. The molecule has 3 heteroatoms. The molecule has 1 saturated carbocycles. The maximum atomic E-state index is 11.7. The van der Waals surface area contributed by atoms with Gasteiger partial charge in [0.25, 0.3) is 0 Å². The number of rotatable bonds is 5. The SMILES string of the molecule is CSCCCC(=O)NC1CCCCCCC1. The van der Waals surface area contributed by atoms with E-state index in [1.807, 2.05) is 11.8 Å². The van der Waals surface area contributed by atoms with Crippen LogP contribution in [0.1, 0.15) is 57.8 Å².